The van der Waals surface area contributed by atoms with Gasteiger partial charge in [0.25, 0.3) is 0 Å². The number of fused-ring (bicyclic) bond motifs is 1. The number of ether oxygens (including phenoxy) is 2. The molecule has 1 N–H and O–H groups in total. The second-order valence-electron chi connectivity index (χ2n) is 4.84. The summed E-state index contributed by atoms with van der Waals surface area (Å²) in [5.74, 6) is 0.883. The third kappa shape index (κ3) is 2.25. The number of Topliss-reactive ketones (excluding diaryl/α,β-unsaturated/α-hetero) is 1. The first-order valence-electron chi connectivity index (χ1n) is 6.51. The summed E-state index contributed by atoms with van der Waals surface area (Å²) in [6, 6.07) is 10.5. The highest BCUT2D eigenvalue weighted by Gasteiger charge is 2.27. The summed E-state index contributed by atoms with van der Waals surface area (Å²) in [6.07, 6.45) is 1.52. The van der Waals surface area contributed by atoms with E-state index < -0.39 is 0 Å². The maximum Gasteiger partial charge on any atom is 0.231 e. The minimum atomic E-state index is -0.184. The van der Waals surface area contributed by atoms with Gasteiger partial charge < -0.3 is 14.6 Å². The van der Waals surface area contributed by atoms with Crippen LogP contribution in [0, 0.1) is 6.92 Å². The fraction of sp³-hybridized carbons (Fsp3) is 0.118. The summed E-state index contributed by atoms with van der Waals surface area (Å²) in [5.41, 5.74) is 2.02. The second kappa shape index (κ2) is 4.98. The Hall–Kier alpha value is -2.75. The Morgan fingerprint density at radius 3 is 2.81 bits per heavy atom. The molecule has 3 rings (SSSR count). The molecule has 0 bridgehead atoms. The quantitative estimate of drug-likeness (QED) is 0.858. The maximum atomic E-state index is 12.3. The van der Waals surface area contributed by atoms with Crippen molar-refractivity contribution in [3.05, 3.63) is 58.8 Å². The topological polar surface area (TPSA) is 55.8 Å². The van der Waals surface area contributed by atoms with E-state index in [1.165, 1.54) is 13.2 Å². The predicted octanol–water partition coefficient (Wildman–Crippen LogP) is 3.33. The van der Waals surface area contributed by atoms with Crippen LogP contribution in [0.15, 0.2) is 42.2 Å². The number of carbonyl (C=O) groups excluding carboxylic acids is 1. The lowest BCUT2D eigenvalue weighted by Crippen LogP contribution is -1.98. The van der Waals surface area contributed by atoms with Gasteiger partial charge in [0, 0.05) is 5.56 Å². The molecule has 2 aromatic rings. The predicted molar refractivity (Wildman–Crippen MR) is 78.8 cm³/mol. The lowest BCUT2D eigenvalue weighted by molar-refractivity contribution is 0.101. The molecule has 0 saturated heterocycles. The summed E-state index contributed by atoms with van der Waals surface area (Å²) < 4.78 is 10.6. The Bertz CT molecular complexity index is 759. The van der Waals surface area contributed by atoms with E-state index in [9.17, 15) is 9.90 Å². The summed E-state index contributed by atoms with van der Waals surface area (Å²) in [7, 11) is 1.47. The van der Waals surface area contributed by atoms with Gasteiger partial charge in [0.05, 0.1) is 12.7 Å². The molecule has 0 unspecified atom stereocenters. The molecule has 0 amide bonds. The van der Waals surface area contributed by atoms with Crippen molar-refractivity contribution < 1.29 is 19.4 Å². The molecule has 0 aromatic heterocycles. The Kier molecular flexibility index (Phi) is 3.14. The highest BCUT2D eigenvalue weighted by atomic mass is 16.5. The van der Waals surface area contributed by atoms with Gasteiger partial charge in [-0.3, -0.25) is 4.79 Å². The Morgan fingerprint density at radius 2 is 2.05 bits per heavy atom. The monoisotopic (exact) mass is 282 g/mol. The van der Waals surface area contributed by atoms with Crippen molar-refractivity contribution in [2.45, 2.75) is 6.92 Å². The van der Waals surface area contributed by atoms with Crippen molar-refractivity contribution >= 4 is 11.9 Å². The third-order valence-electron chi connectivity index (χ3n) is 3.36. The molecular weight excluding hydrogens is 268 g/mol. The summed E-state index contributed by atoms with van der Waals surface area (Å²) in [6.45, 7) is 1.92. The van der Waals surface area contributed by atoms with Crippen LogP contribution in [0.2, 0.25) is 0 Å². The fourth-order valence-electron chi connectivity index (χ4n) is 2.26. The van der Waals surface area contributed by atoms with Crippen molar-refractivity contribution in [2.24, 2.45) is 0 Å². The van der Waals surface area contributed by atoms with Crippen LogP contribution in [0.3, 0.4) is 0 Å². The van der Waals surface area contributed by atoms with Gasteiger partial charge in [-0.15, -0.1) is 0 Å². The van der Waals surface area contributed by atoms with Crippen LogP contribution in [0.4, 0.5) is 0 Å². The minimum Gasteiger partial charge on any atom is -0.504 e. The number of allylic oxidation sites excluding steroid dienone is 1. The van der Waals surface area contributed by atoms with Crippen molar-refractivity contribution in [2.75, 3.05) is 7.11 Å². The van der Waals surface area contributed by atoms with Crippen LogP contribution < -0.4 is 9.47 Å². The summed E-state index contributed by atoms with van der Waals surface area (Å²) in [5, 5.41) is 10.1. The van der Waals surface area contributed by atoms with Gasteiger partial charge in [0.2, 0.25) is 5.78 Å². The molecule has 4 heteroatoms. The second-order valence-corrected chi connectivity index (χ2v) is 4.84. The minimum absolute atomic E-state index is 0.0176. The number of hydrogen-bond donors (Lipinski definition) is 1. The number of para-hydroxylation sites is 1. The van der Waals surface area contributed by atoms with Crippen LogP contribution in [0.1, 0.15) is 21.5 Å². The number of aromatic hydroxyl groups is 1. The highest BCUT2D eigenvalue weighted by Crippen LogP contribution is 2.35. The van der Waals surface area contributed by atoms with Crippen LogP contribution in [-0.4, -0.2) is 18.0 Å². The number of hydrogen-bond acceptors (Lipinski definition) is 4. The van der Waals surface area contributed by atoms with E-state index in [1.807, 2.05) is 13.0 Å². The molecule has 1 aliphatic heterocycles. The van der Waals surface area contributed by atoms with Gasteiger partial charge in [-0.1, -0.05) is 23.8 Å². The molecule has 1 heterocycles. The Morgan fingerprint density at radius 1 is 1.24 bits per heavy atom. The first-order chi connectivity index (χ1) is 10.1. The smallest absolute Gasteiger partial charge is 0.231 e. The number of rotatable bonds is 2. The largest absolute Gasteiger partial charge is 0.504 e. The SMILES string of the molecule is COc1cccc(/C=C2\Oc3ccc(C)cc3C2=O)c1O. The number of methoxy groups -OCH3 is 1. The number of benzene rings is 2. The summed E-state index contributed by atoms with van der Waals surface area (Å²) >= 11 is 0. The molecule has 1 aliphatic rings. The van der Waals surface area contributed by atoms with E-state index in [1.54, 1.807) is 30.3 Å². The lowest BCUT2D eigenvalue weighted by Gasteiger charge is -2.06. The number of phenols is 1. The average Bonchev–Trinajstić information content (AvgIpc) is 2.78. The van der Waals surface area contributed by atoms with E-state index in [2.05, 4.69) is 0 Å². The van der Waals surface area contributed by atoms with Crippen LogP contribution in [0.5, 0.6) is 17.2 Å². The average molecular weight is 282 g/mol. The van der Waals surface area contributed by atoms with Crippen molar-refractivity contribution in [1.82, 2.24) is 0 Å². The number of carbonyl (C=O) groups is 1. The van der Waals surface area contributed by atoms with E-state index in [0.717, 1.165) is 5.56 Å². The van der Waals surface area contributed by atoms with E-state index in [0.29, 0.717) is 22.6 Å². The molecule has 106 valence electrons. The zero-order valence-electron chi connectivity index (χ0n) is 11.7. The first kappa shape index (κ1) is 13.2. The van der Waals surface area contributed by atoms with E-state index in [4.69, 9.17) is 9.47 Å². The van der Waals surface area contributed by atoms with Gasteiger partial charge in [-0.25, -0.2) is 0 Å². The zero-order valence-corrected chi connectivity index (χ0v) is 11.7. The molecule has 21 heavy (non-hydrogen) atoms. The molecule has 0 aliphatic carbocycles. The van der Waals surface area contributed by atoms with Crippen LogP contribution >= 0.6 is 0 Å². The molecule has 0 saturated carbocycles. The molecule has 0 spiro atoms. The number of ketones is 1. The summed E-state index contributed by atoms with van der Waals surface area (Å²) in [4.78, 5) is 12.3. The number of aryl methyl sites for hydroxylation is 1. The van der Waals surface area contributed by atoms with Crippen molar-refractivity contribution in [3.8, 4) is 17.2 Å². The van der Waals surface area contributed by atoms with Crippen molar-refractivity contribution in [3.63, 3.8) is 0 Å². The van der Waals surface area contributed by atoms with E-state index >= 15 is 0 Å². The normalized spacial score (nSPS) is 15.0. The van der Waals surface area contributed by atoms with Crippen LogP contribution in [-0.2, 0) is 0 Å². The highest BCUT2D eigenvalue weighted by molar-refractivity contribution is 6.14. The molecule has 0 radical (unpaired) electrons. The third-order valence-corrected chi connectivity index (χ3v) is 3.36. The molecule has 0 fully saturated rings. The van der Waals surface area contributed by atoms with Gasteiger partial charge in [0.15, 0.2) is 17.3 Å². The fourth-order valence-corrected chi connectivity index (χ4v) is 2.26. The van der Waals surface area contributed by atoms with Crippen LogP contribution in [0.25, 0.3) is 6.08 Å². The zero-order chi connectivity index (χ0) is 15.0. The number of phenolic OH excluding ortho intramolecular Hbond substituents is 1. The molecular formula is C17H14O4. The maximum absolute atomic E-state index is 12.3. The molecule has 2 aromatic carbocycles. The van der Waals surface area contributed by atoms with Gasteiger partial charge in [0.1, 0.15) is 5.75 Å². The lowest BCUT2D eigenvalue weighted by atomic mass is 10.1. The van der Waals surface area contributed by atoms with Gasteiger partial charge in [-0.05, 0) is 31.2 Å². The molecule has 0 atom stereocenters. The Balaban J connectivity index is 2.02. The van der Waals surface area contributed by atoms with Gasteiger partial charge in [-0.2, -0.15) is 0 Å². The Labute approximate surface area is 122 Å². The standard InChI is InChI=1S/C17H14O4/c1-10-6-7-13-12(8-10)17(19)15(21-13)9-11-4-3-5-14(20-2)16(11)18/h3-9,18H,1-2H3/b15-9-. The van der Waals surface area contributed by atoms with Gasteiger partial charge >= 0.3 is 0 Å². The van der Waals surface area contributed by atoms with Crippen molar-refractivity contribution in [1.29, 1.82) is 0 Å². The first-order valence-corrected chi connectivity index (χ1v) is 6.51. The molecule has 4 nitrogen and oxygen atoms in total. The van der Waals surface area contributed by atoms with E-state index in [-0.39, 0.29) is 17.3 Å².